The molecule has 0 aliphatic rings. The monoisotopic (exact) mass is 312 g/mol. The number of aromatic nitrogens is 2. The predicted octanol–water partition coefficient (Wildman–Crippen LogP) is 3.59. The van der Waals surface area contributed by atoms with E-state index in [2.05, 4.69) is 32.2 Å². The van der Waals surface area contributed by atoms with Gasteiger partial charge in [-0.2, -0.15) is 5.10 Å². The first-order valence-electron chi connectivity index (χ1n) is 6.88. The molecule has 0 saturated heterocycles. The van der Waals surface area contributed by atoms with Crippen molar-refractivity contribution in [2.45, 2.75) is 13.8 Å². The molecule has 0 aliphatic heterocycles. The lowest BCUT2D eigenvalue weighted by Crippen LogP contribution is -1.90. The maximum atomic E-state index is 11.4. The van der Waals surface area contributed by atoms with Gasteiger partial charge in [-0.3, -0.25) is 10.2 Å². The third-order valence-electron chi connectivity index (χ3n) is 3.41. The van der Waals surface area contributed by atoms with E-state index >= 15 is 0 Å². The Balaban J connectivity index is 1.82. The smallest absolute Gasteiger partial charge is 0.204 e. The number of aryl methyl sites for hydroxylation is 2. The van der Waals surface area contributed by atoms with Crippen molar-refractivity contribution < 1.29 is 4.79 Å². The summed E-state index contributed by atoms with van der Waals surface area (Å²) in [7, 11) is 2.01. The number of nitrogens with zero attached hydrogens (tertiary/aromatic N) is 3. The van der Waals surface area contributed by atoms with E-state index in [1.54, 1.807) is 13.1 Å². The summed E-state index contributed by atoms with van der Waals surface area (Å²) >= 11 is 1.32. The van der Waals surface area contributed by atoms with Crippen LogP contribution in [-0.4, -0.2) is 21.5 Å². The molecule has 0 spiro atoms. The van der Waals surface area contributed by atoms with Gasteiger partial charge in [-0.15, -0.1) is 0 Å². The first-order chi connectivity index (χ1) is 10.6. The van der Waals surface area contributed by atoms with Gasteiger partial charge in [0, 0.05) is 36.6 Å². The van der Waals surface area contributed by atoms with E-state index in [0.717, 1.165) is 22.2 Å². The molecule has 1 N–H and O–H groups in total. The standard InChI is InChI=1S/C16H16N4OS/c1-10-15(11(2)21)22-16(18-10)19-17-8-12-9-20(3)14-7-5-4-6-13(12)14/h4-9H,1-3H3,(H,18,19)/b17-8-. The van der Waals surface area contributed by atoms with Gasteiger partial charge in [0.2, 0.25) is 5.13 Å². The zero-order valence-electron chi connectivity index (χ0n) is 12.6. The van der Waals surface area contributed by atoms with Crippen LogP contribution in [0.15, 0.2) is 35.6 Å². The number of nitrogens with one attached hydrogen (secondary N) is 1. The van der Waals surface area contributed by atoms with Crippen LogP contribution in [0.4, 0.5) is 5.13 Å². The number of benzene rings is 1. The minimum absolute atomic E-state index is 0.0288. The molecule has 0 unspecified atom stereocenters. The number of para-hydroxylation sites is 1. The highest BCUT2D eigenvalue weighted by Gasteiger charge is 2.10. The summed E-state index contributed by atoms with van der Waals surface area (Å²) in [4.78, 5) is 16.4. The number of thiazole rings is 1. The van der Waals surface area contributed by atoms with Gasteiger partial charge in [-0.05, 0) is 13.0 Å². The van der Waals surface area contributed by atoms with Crippen LogP contribution < -0.4 is 5.43 Å². The average molecular weight is 312 g/mol. The van der Waals surface area contributed by atoms with Crippen LogP contribution >= 0.6 is 11.3 Å². The summed E-state index contributed by atoms with van der Waals surface area (Å²) in [5, 5.41) is 6.01. The molecular weight excluding hydrogens is 296 g/mol. The zero-order valence-corrected chi connectivity index (χ0v) is 13.4. The van der Waals surface area contributed by atoms with E-state index in [-0.39, 0.29) is 5.78 Å². The second-order valence-corrected chi connectivity index (χ2v) is 6.07. The topological polar surface area (TPSA) is 59.3 Å². The lowest BCUT2D eigenvalue weighted by Gasteiger charge is -1.93. The molecule has 2 heterocycles. The van der Waals surface area contributed by atoms with Crippen molar-refractivity contribution in [3.8, 4) is 0 Å². The van der Waals surface area contributed by atoms with E-state index < -0.39 is 0 Å². The summed E-state index contributed by atoms with van der Waals surface area (Å²) in [6.45, 7) is 3.37. The highest BCUT2D eigenvalue weighted by molar-refractivity contribution is 7.17. The van der Waals surface area contributed by atoms with E-state index in [0.29, 0.717) is 10.0 Å². The largest absolute Gasteiger partial charge is 0.350 e. The molecular formula is C16H16N4OS. The first-order valence-corrected chi connectivity index (χ1v) is 7.69. The molecule has 6 heteroatoms. The van der Waals surface area contributed by atoms with E-state index in [1.807, 2.05) is 32.3 Å². The van der Waals surface area contributed by atoms with Gasteiger partial charge < -0.3 is 4.57 Å². The number of rotatable bonds is 4. The number of hydrazone groups is 1. The lowest BCUT2D eigenvalue weighted by molar-refractivity contribution is 0.102. The second-order valence-electron chi connectivity index (χ2n) is 5.07. The number of carbonyl (C=O) groups excluding carboxylic acids is 1. The van der Waals surface area contributed by atoms with Crippen molar-refractivity contribution in [3.63, 3.8) is 0 Å². The summed E-state index contributed by atoms with van der Waals surface area (Å²) < 4.78 is 2.07. The minimum atomic E-state index is 0.0288. The van der Waals surface area contributed by atoms with Crippen LogP contribution in [-0.2, 0) is 7.05 Å². The molecule has 0 amide bonds. The first kappa shape index (κ1) is 14.5. The van der Waals surface area contributed by atoms with E-state index in [1.165, 1.54) is 11.3 Å². The fourth-order valence-corrected chi connectivity index (χ4v) is 3.22. The highest BCUT2D eigenvalue weighted by atomic mass is 32.1. The highest BCUT2D eigenvalue weighted by Crippen LogP contribution is 2.23. The molecule has 22 heavy (non-hydrogen) atoms. The number of hydrogen-bond donors (Lipinski definition) is 1. The van der Waals surface area contributed by atoms with Crippen LogP contribution in [0.3, 0.4) is 0 Å². The van der Waals surface area contributed by atoms with Gasteiger partial charge in [0.15, 0.2) is 5.78 Å². The maximum Gasteiger partial charge on any atom is 0.204 e. The van der Waals surface area contributed by atoms with Crippen molar-refractivity contribution in [1.82, 2.24) is 9.55 Å². The fraction of sp³-hybridized carbons (Fsp3) is 0.188. The van der Waals surface area contributed by atoms with Gasteiger partial charge in [-0.1, -0.05) is 29.5 Å². The summed E-state index contributed by atoms with van der Waals surface area (Å²) in [5.74, 6) is 0.0288. The molecule has 3 aromatic rings. The van der Waals surface area contributed by atoms with E-state index in [4.69, 9.17) is 0 Å². The van der Waals surface area contributed by atoms with Crippen molar-refractivity contribution in [1.29, 1.82) is 0 Å². The molecule has 3 rings (SSSR count). The Morgan fingerprint density at radius 1 is 1.41 bits per heavy atom. The molecule has 112 valence electrons. The van der Waals surface area contributed by atoms with Crippen LogP contribution in [0.2, 0.25) is 0 Å². The normalized spacial score (nSPS) is 11.4. The SMILES string of the molecule is CC(=O)c1sc(N/N=C\c2cn(C)c3ccccc23)nc1C. The number of fused-ring (bicyclic) bond motifs is 1. The van der Waals surface area contributed by atoms with Crippen molar-refractivity contribution in [3.05, 3.63) is 46.6 Å². The number of anilines is 1. The van der Waals surface area contributed by atoms with Gasteiger partial charge in [0.1, 0.15) is 0 Å². The number of Topliss-reactive ketones (excluding diaryl/α,β-unsaturated/α-hetero) is 1. The van der Waals surface area contributed by atoms with Gasteiger partial charge in [0.05, 0.1) is 16.8 Å². The molecule has 0 fully saturated rings. The van der Waals surface area contributed by atoms with Crippen LogP contribution in [0.5, 0.6) is 0 Å². The third-order valence-corrected chi connectivity index (χ3v) is 4.57. The summed E-state index contributed by atoms with van der Waals surface area (Å²) in [6, 6.07) is 8.17. The Kier molecular flexibility index (Phi) is 3.77. The number of ketones is 1. The predicted molar refractivity (Wildman–Crippen MR) is 91.0 cm³/mol. The molecule has 1 aromatic carbocycles. The fourth-order valence-electron chi connectivity index (χ4n) is 2.40. The number of hydrogen-bond acceptors (Lipinski definition) is 5. The molecule has 5 nitrogen and oxygen atoms in total. The molecule has 0 saturated carbocycles. The van der Waals surface area contributed by atoms with E-state index in [9.17, 15) is 4.79 Å². The van der Waals surface area contributed by atoms with Crippen molar-refractivity contribution in [2.75, 3.05) is 5.43 Å². The average Bonchev–Trinajstić information content (AvgIpc) is 3.01. The van der Waals surface area contributed by atoms with Gasteiger partial charge >= 0.3 is 0 Å². The quantitative estimate of drug-likeness (QED) is 0.455. The molecule has 0 radical (unpaired) electrons. The maximum absolute atomic E-state index is 11.4. The molecule has 0 atom stereocenters. The number of carbonyl (C=O) groups is 1. The minimum Gasteiger partial charge on any atom is -0.350 e. The van der Waals surface area contributed by atoms with Crippen LogP contribution in [0, 0.1) is 6.92 Å². The van der Waals surface area contributed by atoms with Crippen LogP contribution in [0.1, 0.15) is 27.9 Å². The Labute approximate surface area is 132 Å². The van der Waals surface area contributed by atoms with Crippen molar-refractivity contribution in [2.24, 2.45) is 12.1 Å². The Morgan fingerprint density at radius 3 is 2.91 bits per heavy atom. The lowest BCUT2D eigenvalue weighted by atomic mass is 10.2. The van der Waals surface area contributed by atoms with Gasteiger partial charge in [-0.25, -0.2) is 4.98 Å². The zero-order chi connectivity index (χ0) is 15.7. The second kappa shape index (κ2) is 5.73. The Bertz CT molecular complexity index is 876. The molecule has 0 bridgehead atoms. The molecule has 0 aliphatic carbocycles. The van der Waals surface area contributed by atoms with Gasteiger partial charge in [0.25, 0.3) is 0 Å². The summed E-state index contributed by atoms with van der Waals surface area (Å²) in [5.41, 5.74) is 5.83. The Morgan fingerprint density at radius 2 is 2.18 bits per heavy atom. The third kappa shape index (κ3) is 2.65. The molecule has 2 aromatic heterocycles. The summed E-state index contributed by atoms with van der Waals surface area (Å²) in [6.07, 6.45) is 3.80. The van der Waals surface area contributed by atoms with Crippen LogP contribution in [0.25, 0.3) is 10.9 Å². The Hall–Kier alpha value is -2.47. The van der Waals surface area contributed by atoms with Crippen molar-refractivity contribution >= 4 is 39.4 Å².